The summed E-state index contributed by atoms with van der Waals surface area (Å²) in [5, 5.41) is 2.84. The summed E-state index contributed by atoms with van der Waals surface area (Å²) in [6.45, 7) is 2.37. The molecule has 0 aromatic heterocycles. The number of benzene rings is 3. The topological polar surface area (TPSA) is 12.4 Å². The number of hydrogen-bond acceptors (Lipinski definition) is 1. The van der Waals surface area contributed by atoms with Gasteiger partial charge in [-0.3, -0.25) is 4.99 Å². The number of rotatable bonds is 6. The molecule has 2 atom stereocenters. The third-order valence-corrected chi connectivity index (χ3v) is 7.85. The van der Waals surface area contributed by atoms with Gasteiger partial charge in [0.05, 0.1) is 5.69 Å². The van der Waals surface area contributed by atoms with Crippen molar-refractivity contribution in [2.45, 2.75) is 12.6 Å². The Kier molecular flexibility index (Phi) is 5.95. The predicted octanol–water partition coefficient (Wildman–Crippen LogP) is 6.02. The van der Waals surface area contributed by atoms with E-state index in [1.807, 2.05) is 30.3 Å². The summed E-state index contributed by atoms with van der Waals surface area (Å²) in [5.41, 5.74) is 2.88. The molecule has 0 saturated carbocycles. The lowest BCUT2D eigenvalue weighted by Gasteiger charge is -2.28. The van der Waals surface area contributed by atoms with Crippen LogP contribution in [0.1, 0.15) is 6.92 Å². The highest BCUT2D eigenvalue weighted by Gasteiger charge is 2.28. The Bertz CT molecular complexity index is 935. The second-order valence-corrected chi connectivity index (χ2v) is 9.46. The number of para-hydroxylation sites is 1. The van der Waals surface area contributed by atoms with Crippen LogP contribution in [0.3, 0.4) is 0 Å². The van der Waals surface area contributed by atoms with Crippen molar-refractivity contribution in [3.63, 3.8) is 0 Å². The first-order chi connectivity index (χ1) is 13.8. The zero-order valence-corrected chi connectivity index (χ0v) is 16.9. The minimum Gasteiger partial charge on any atom is -0.260 e. The van der Waals surface area contributed by atoms with Crippen molar-refractivity contribution < 1.29 is 0 Å². The average Bonchev–Trinajstić information content (AvgIpc) is 3.23. The lowest BCUT2D eigenvalue weighted by molar-refractivity contribution is 0.967. The summed E-state index contributed by atoms with van der Waals surface area (Å²) in [6.07, 6.45) is 8.80. The van der Waals surface area contributed by atoms with Gasteiger partial charge in [0.15, 0.2) is 0 Å². The smallest absolute Gasteiger partial charge is 0.0626 e. The van der Waals surface area contributed by atoms with Gasteiger partial charge in [-0.25, -0.2) is 0 Å². The highest BCUT2D eigenvalue weighted by molar-refractivity contribution is 7.73. The Morgan fingerprint density at radius 1 is 0.786 bits per heavy atom. The van der Waals surface area contributed by atoms with E-state index in [0.29, 0.717) is 5.66 Å². The molecule has 0 bridgehead atoms. The minimum absolute atomic E-state index is 0.257. The van der Waals surface area contributed by atoms with Crippen LogP contribution >= 0.6 is 7.92 Å². The van der Waals surface area contributed by atoms with Crippen LogP contribution in [0, 0.1) is 5.92 Å². The maximum atomic E-state index is 4.72. The summed E-state index contributed by atoms with van der Waals surface area (Å²) in [6, 6.07) is 32.0. The second kappa shape index (κ2) is 8.95. The van der Waals surface area contributed by atoms with Crippen molar-refractivity contribution in [2.75, 3.05) is 0 Å². The molecule has 0 saturated heterocycles. The van der Waals surface area contributed by atoms with E-state index in [2.05, 4.69) is 92.0 Å². The molecule has 1 aliphatic carbocycles. The van der Waals surface area contributed by atoms with Gasteiger partial charge >= 0.3 is 0 Å². The fourth-order valence-corrected chi connectivity index (χ4v) is 6.40. The summed E-state index contributed by atoms with van der Waals surface area (Å²) < 4.78 is 0. The molecule has 0 N–H and O–H groups in total. The fourth-order valence-electron chi connectivity index (χ4n) is 3.67. The van der Waals surface area contributed by atoms with Gasteiger partial charge in [0.25, 0.3) is 0 Å². The summed E-state index contributed by atoms with van der Waals surface area (Å²) in [5.74, 6) is 0.257. The molecule has 0 spiro atoms. The maximum Gasteiger partial charge on any atom is 0.0626 e. The Morgan fingerprint density at radius 2 is 1.32 bits per heavy atom. The number of hydrogen-bond donors (Lipinski definition) is 0. The molecule has 138 valence electrons. The van der Waals surface area contributed by atoms with Gasteiger partial charge in [-0.1, -0.05) is 110 Å². The van der Waals surface area contributed by atoms with Crippen LogP contribution in [-0.4, -0.2) is 11.9 Å². The largest absolute Gasteiger partial charge is 0.260 e. The van der Waals surface area contributed by atoms with Gasteiger partial charge in [0.1, 0.15) is 0 Å². The van der Waals surface area contributed by atoms with E-state index in [4.69, 9.17) is 4.99 Å². The molecule has 2 heteroatoms. The van der Waals surface area contributed by atoms with Gasteiger partial charge in [-0.15, -0.1) is 0 Å². The lowest BCUT2D eigenvalue weighted by atomic mass is 10.0. The van der Waals surface area contributed by atoms with Crippen molar-refractivity contribution in [1.29, 1.82) is 0 Å². The normalized spacial score (nSPS) is 17.2. The van der Waals surface area contributed by atoms with E-state index >= 15 is 0 Å². The highest BCUT2D eigenvalue weighted by Crippen LogP contribution is 2.45. The summed E-state index contributed by atoms with van der Waals surface area (Å²) >= 11 is 0. The molecule has 28 heavy (non-hydrogen) atoms. The second-order valence-electron chi connectivity index (χ2n) is 6.91. The first kappa shape index (κ1) is 18.6. The Labute approximate surface area is 168 Å². The van der Waals surface area contributed by atoms with E-state index < -0.39 is 7.92 Å². The van der Waals surface area contributed by atoms with Crippen molar-refractivity contribution in [3.05, 3.63) is 115 Å². The number of aliphatic imine (C=N–C) groups is 1. The molecule has 1 nitrogen and oxygen atoms in total. The van der Waals surface area contributed by atoms with Crippen LogP contribution in [-0.2, 0) is 0 Å². The molecule has 0 heterocycles. The molecular formula is C26H24NP. The quantitative estimate of drug-likeness (QED) is 0.366. The van der Waals surface area contributed by atoms with E-state index in [1.54, 1.807) is 0 Å². The standard InChI is InChI=1S/C26H24NP/c1-21(26-19-11-12-22(26)20-27-23-13-5-2-6-14-23)28(24-15-7-3-8-16-24)25-17-9-4-10-18-25/h2-22H,1H3/t21-,22?/m1/s1. The van der Waals surface area contributed by atoms with E-state index in [0.717, 1.165) is 5.69 Å². The summed E-state index contributed by atoms with van der Waals surface area (Å²) in [7, 11) is -0.485. The molecule has 1 unspecified atom stereocenters. The third kappa shape index (κ3) is 4.21. The monoisotopic (exact) mass is 381 g/mol. The zero-order valence-electron chi connectivity index (χ0n) is 16.0. The fraction of sp³-hybridized carbons (Fsp3) is 0.115. The van der Waals surface area contributed by atoms with Crippen molar-refractivity contribution in [1.82, 2.24) is 0 Å². The first-order valence-electron chi connectivity index (χ1n) is 9.70. The Hall–Kier alpha value is -2.76. The number of nitrogens with zero attached hydrogens (tertiary/aromatic N) is 1. The molecule has 4 rings (SSSR count). The van der Waals surface area contributed by atoms with Gasteiger partial charge in [-0.05, 0) is 30.7 Å². The van der Waals surface area contributed by atoms with Crippen LogP contribution in [0.25, 0.3) is 0 Å². The van der Waals surface area contributed by atoms with Crippen molar-refractivity contribution in [3.8, 4) is 0 Å². The van der Waals surface area contributed by atoms with E-state index in [-0.39, 0.29) is 5.92 Å². The van der Waals surface area contributed by atoms with Crippen LogP contribution in [0.5, 0.6) is 0 Å². The molecule has 0 radical (unpaired) electrons. The number of allylic oxidation sites excluding steroid dienone is 4. The lowest BCUT2D eigenvalue weighted by Crippen LogP contribution is -2.23. The van der Waals surface area contributed by atoms with Gasteiger partial charge in [-0.2, -0.15) is 0 Å². The van der Waals surface area contributed by atoms with Gasteiger partial charge in [0, 0.05) is 17.8 Å². The predicted molar refractivity (Wildman–Crippen MR) is 124 cm³/mol. The minimum atomic E-state index is -0.485. The SMILES string of the molecule is C[C@H](C1=CC=CC1C=Nc1ccccc1)P(c1ccccc1)c1ccccc1. The molecule has 3 aromatic carbocycles. The first-order valence-corrected chi connectivity index (χ1v) is 11.1. The Morgan fingerprint density at radius 3 is 1.89 bits per heavy atom. The molecule has 0 amide bonds. The molecule has 1 aliphatic rings. The van der Waals surface area contributed by atoms with E-state index in [1.165, 1.54) is 16.2 Å². The van der Waals surface area contributed by atoms with Crippen LogP contribution < -0.4 is 10.6 Å². The van der Waals surface area contributed by atoms with Crippen molar-refractivity contribution >= 4 is 30.4 Å². The molecular weight excluding hydrogens is 357 g/mol. The Balaban J connectivity index is 1.63. The molecule has 0 fully saturated rings. The van der Waals surface area contributed by atoms with Crippen LogP contribution in [0.15, 0.2) is 120 Å². The maximum absolute atomic E-state index is 4.72. The zero-order chi connectivity index (χ0) is 19.2. The summed E-state index contributed by atoms with van der Waals surface area (Å²) in [4.78, 5) is 4.72. The third-order valence-electron chi connectivity index (χ3n) is 5.07. The average molecular weight is 381 g/mol. The van der Waals surface area contributed by atoms with Gasteiger partial charge < -0.3 is 0 Å². The van der Waals surface area contributed by atoms with Crippen LogP contribution in [0.2, 0.25) is 0 Å². The van der Waals surface area contributed by atoms with E-state index in [9.17, 15) is 0 Å². The highest BCUT2D eigenvalue weighted by atomic mass is 31.1. The van der Waals surface area contributed by atoms with Crippen LogP contribution in [0.4, 0.5) is 5.69 Å². The molecule has 0 aliphatic heterocycles. The van der Waals surface area contributed by atoms with Gasteiger partial charge in [0.2, 0.25) is 0 Å². The van der Waals surface area contributed by atoms with Crippen molar-refractivity contribution in [2.24, 2.45) is 10.9 Å². The molecule has 3 aromatic rings.